The third kappa shape index (κ3) is 6.04. The van der Waals surface area contributed by atoms with Crippen molar-refractivity contribution in [2.45, 2.75) is 39.7 Å². The molecule has 0 bridgehead atoms. The summed E-state index contributed by atoms with van der Waals surface area (Å²) in [6.07, 6.45) is 4.79. The predicted octanol–water partition coefficient (Wildman–Crippen LogP) is 14.4. The third-order valence-corrected chi connectivity index (χ3v) is 10.6. The van der Waals surface area contributed by atoms with Gasteiger partial charge in [0, 0.05) is 28.4 Å². The van der Waals surface area contributed by atoms with Crippen LogP contribution < -0.4 is 4.90 Å². The Hall–Kier alpha value is -6.38. The summed E-state index contributed by atoms with van der Waals surface area (Å²) in [4.78, 5) is 2.54. The third-order valence-electron chi connectivity index (χ3n) is 10.6. The van der Waals surface area contributed by atoms with E-state index in [2.05, 4.69) is 204 Å². The zero-order chi connectivity index (χ0) is 37.0. The highest BCUT2D eigenvalue weighted by molar-refractivity contribution is 5.94. The van der Waals surface area contributed by atoms with E-state index in [9.17, 15) is 0 Å². The first-order valence-electron chi connectivity index (χ1n) is 19.4. The van der Waals surface area contributed by atoms with Crippen LogP contribution in [-0.4, -0.2) is 10.6 Å². The molecule has 0 radical (unpaired) electrons. The van der Waals surface area contributed by atoms with E-state index in [1.807, 2.05) is 27.7 Å². The van der Waals surface area contributed by atoms with Crippen molar-refractivity contribution in [2.24, 2.45) is 0 Å². The molecule has 1 aromatic heterocycles. The topological polar surface area (TPSA) is 8.17 Å². The number of aromatic nitrogens is 1. The van der Waals surface area contributed by atoms with E-state index >= 15 is 0 Å². The average Bonchev–Trinajstić information content (AvgIpc) is 3.79. The second-order valence-corrected chi connectivity index (χ2v) is 13.3. The van der Waals surface area contributed by atoms with E-state index in [1.54, 1.807) is 0 Å². The molecular weight excluding hydrogens is 653 g/mol. The molecule has 2 heteroatoms. The zero-order valence-corrected chi connectivity index (χ0v) is 31.5. The maximum absolute atomic E-state index is 2.54. The van der Waals surface area contributed by atoms with Crippen LogP contribution in [0, 0.1) is 0 Å². The van der Waals surface area contributed by atoms with Crippen LogP contribution in [0.3, 0.4) is 0 Å². The highest BCUT2D eigenvalue weighted by atomic mass is 15.2. The molecule has 2 nitrogen and oxygen atoms in total. The summed E-state index contributed by atoms with van der Waals surface area (Å²) >= 11 is 0. The van der Waals surface area contributed by atoms with Gasteiger partial charge in [-0.2, -0.15) is 0 Å². The SMILES string of the molecule is C1=CC2C(c3ccccc3N2c2ccc(-c3ccccc3)cc2)c2c1n(-c1ccc(-c3cccc(-c4ccccc4)c3)cc1)c1ccccc21.CC.CC. The molecular formula is C52H46N2. The lowest BCUT2D eigenvalue weighted by Crippen LogP contribution is -2.30. The molecule has 8 aromatic rings. The highest BCUT2D eigenvalue weighted by Crippen LogP contribution is 2.54. The van der Waals surface area contributed by atoms with Crippen molar-refractivity contribution in [3.63, 3.8) is 0 Å². The summed E-state index contributed by atoms with van der Waals surface area (Å²) in [6.45, 7) is 8.00. The lowest BCUT2D eigenvalue weighted by atomic mass is 9.82. The number of hydrogen-bond donors (Lipinski definition) is 0. The number of fused-ring (bicyclic) bond motifs is 7. The van der Waals surface area contributed by atoms with Crippen LogP contribution in [0.15, 0.2) is 188 Å². The molecule has 0 fully saturated rings. The van der Waals surface area contributed by atoms with Gasteiger partial charge in [0.2, 0.25) is 0 Å². The van der Waals surface area contributed by atoms with E-state index in [-0.39, 0.29) is 12.0 Å². The van der Waals surface area contributed by atoms with Gasteiger partial charge in [0.05, 0.1) is 17.3 Å². The largest absolute Gasteiger partial charge is 0.333 e. The van der Waals surface area contributed by atoms with Crippen LogP contribution in [0.2, 0.25) is 0 Å². The van der Waals surface area contributed by atoms with Gasteiger partial charge in [-0.25, -0.2) is 0 Å². The summed E-state index contributed by atoms with van der Waals surface area (Å²) in [7, 11) is 0. The van der Waals surface area contributed by atoms with Crippen LogP contribution in [0.5, 0.6) is 0 Å². The highest BCUT2D eigenvalue weighted by Gasteiger charge is 2.43. The van der Waals surface area contributed by atoms with Crippen molar-refractivity contribution in [3.8, 4) is 39.1 Å². The number of anilines is 2. The predicted molar refractivity (Wildman–Crippen MR) is 232 cm³/mol. The van der Waals surface area contributed by atoms with Crippen LogP contribution in [0.1, 0.15) is 50.4 Å². The van der Waals surface area contributed by atoms with Crippen molar-refractivity contribution >= 4 is 28.4 Å². The minimum absolute atomic E-state index is 0.181. The molecule has 2 heterocycles. The molecule has 264 valence electrons. The second-order valence-electron chi connectivity index (χ2n) is 13.3. The Morgan fingerprint density at radius 3 is 1.59 bits per heavy atom. The number of hydrogen-bond acceptors (Lipinski definition) is 1. The molecule has 0 amide bonds. The quantitative estimate of drug-likeness (QED) is 0.174. The van der Waals surface area contributed by atoms with Gasteiger partial charge in [-0.05, 0) is 93.0 Å². The van der Waals surface area contributed by atoms with E-state index in [0.29, 0.717) is 0 Å². The first-order chi connectivity index (χ1) is 26.8. The Balaban J connectivity index is 0.00000100. The fraction of sp³-hybridized carbons (Fsp3) is 0.115. The monoisotopic (exact) mass is 698 g/mol. The van der Waals surface area contributed by atoms with Gasteiger partial charge in [-0.1, -0.05) is 173 Å². The Labute approximate surface area is 320 Å². The molecule has 1 aliphatic heterocycles. The number of benzene rings is 7. The Morgan fingerprint density at radius 2 is 0.926 bits per heavy atom. The zero-order valence-electron chi connectivity index (χ0n) is 31.5. The summed E-state index contributed by atoms with van der Waals surface area (Å²) in [5, 5.41) is 1.32. The second kappa shape index (κ2) is 15.3. The van der Waals surface area contributed by atoms with Crippen molar-refractivity contribution in [1.82, 2.24) is 4.57 Å². The van der Waals surface area contributed by atoms with Crippen LogP contribution in [0.25, 0.3) is 56.0 Å². The summed E-state index contributed by atoms with van der Waals surface area (Å²) in [5.41, 5.74) is 16.3. The molecule has 2 unspecified atom stereocenters. The fourth-order valence-corrected chi connectivity index (χ4v) is 8.30. The maximum Gasteiger partial charge on any atom is 0.0637 e. The lowest BCUT2D eigenvalue weighted by Gasteiger charge is -2.31. The van der Waals surface area contributed by atoms with Gasteiger partial charge in [0.1, 0.15) is 0 Å². The molecule has 54 heavy (non-hydrogen) atoms. The fourth-order valence-electron chi connectivity index (χ4n) is 8.30. The first-order valence-corrected chi connectivity index (χ1v) is 19.4. The minimum Gasteiger partial charge on any atom is -0.333 e. The molecule has 0 spiro atoms. The lowest BCUT2D eigenvalue weighted by molar-refractivity contribution is 0.725. The van der Waals surface area contributed by atoms with Gasteiger partial charge < -0.3 is 9.47 Å². The van der Waals surface area contributed by atoms with Crippen molar-refractivity contribution in [1.29, 1.82) is 0 Å². The smallest absolute Gasteiger partial charge is 0.0637 e. The van der Waals surface area contributed by atoms with Crippen LogP contribution in [-0.2, 0) is 0 Å². The number of rotatable bonds is 5. The first kappa shape index (κ1) is 34.7. The molecule has 2 atom stereocenters. The van der Waals surface area contributed by atoms with Gasteiger partial charge in [-0.3, -0.25) is 0 Å². The maximum atomic E-state index is 2.54. The van der Waals surface area contributed by atoms with Crippen LogP contribution >= 0.6 is 0 Å². The van der Waals surface area contributed by atoms with Gasteiger partial charge >= 0.3 is 0 Å². The number of nitrogens with zero attached hydrogens (tertiary/aromatic N) is 2. The standard InChI is InChI=1S/C48H34N2.2C2H6/c1-3-12-33(13-4-1)35-22-26-39(27-23-35)49-43-20-9-7-18-41(43)47-45(49)30-31-46-48(47)42-19-8-10-21-44(42)50(46)40-28-24-36(25-29-40)38-17-11-16-37(32-38)34-14-5-2-6-15-34;2*1-2/h1-32,45,47H;2*1-2H3. The van der Waals surface area contributed by atoms with E-state index in [1.165, 1.54) is 78.2 Å². The molecule has 0 saturated heterocycles. The van der Waals surface area contributed by atoms with Gasteiger partial charge in [0.25, 0.3) is 0 Å². The van der Waals surface area contributed by atoms with Crippen molar-refractivity contribution in [3.05, 3.63) is 205 Å². The average molecular weight is 699 g/mol. The molecule has 0 N–H and O–H groups in total. The Kier molecular flexibility index (Phi) is 9.83. The molecule has 1 aliphatic carbocycles. The van der Waals surface area contributed by atoms with Crippen LogP contribution in [0.4, 0.5) is 11.4 Å². The summed E-state index contributed by atoms with van der Waals surface area (Å²) in [6, 6.07) is 66.3. The normalized spacial score (nSPS) is 14.9. The molecule has 0 saturated carbocycles. The number of para-hydroxylation sites is 2. The molecule has 10 rings (SSSR count). The summed E-state index contributed by atoms with van der Waals surface area (Å²) < 4.78 is 2.46. The van der Waals surface area contributed by atoms with Gasteiger partial charge in [0.15, 0.2) is 0 Å². The van der Waals surface area contributed by atoms with E-state index in [4.69, 9.17) is 0 Å². The Morgan fingerprint density at radius 1 is 0.426 bits per heavy atom. The van der Waals surface area contributed by atoms with Gasteiger partial charge in [-0.15, -0.1) is 0 Å². The van der Waals surface area contributed by atoms with E-state index < -0.39 is 0 Å². The molecule has 7 aromatic carbocycles. The molecule has 2 aliphatic rings. The van der Waals surface area contributed by atoms with Crippen molar-refractivity contribution < 1.29 is 0 Å². The van der Waals surface area contributed by atoms with Crippen molar-refractivity contribution in [2.75, 3.05) is 4.90 Å². The Bertz CT molecular complexity index is 2520. The summed E-state index contributed by atoms with van der Waals surface area (Å²) in [5.74, 6) is 0.214. The minimum atomic E-state index is 0.181. The van der Waals surface area contributed by atoms with E-state index in [0.717, 1.165) is 0 Å².